The molecule has 2 aromatic rings. The Morgan fingerprint density at radius 1 is 1.11 bits per heavy atom. The molecule has 1 saturated heterocycles. The number of ether oxygens (including phenoxy) is 1. The second kappa shape index (κ2) is 7.06. The van der Waals surface area contributed by atoms with E-state index in [1.165, 1.54) is 25.6 Å². The summed E-state index contributed by atoms with van der Waals surface area (Å²) in [5, 5.41) is 3.09. The van der Waals surface area contributed by atoms with E-state index in [0.29, 0.717) is 12.0 Å². The van der Waals surface area contributed by atoms with E-state index >= 15 is 0 Å². The zero-order valence-corrected chi connectivity index (χ0v) is 15.7. The molecule has 0 aliphatic carbocycles. The maximum Gasteiger partial charge on any atom is 0.337 e. The maximum atomic E-state index is 12.4. The molecule has 1 amide bonds. The molecule has 27 heavy (non-hydrogen) atoms. The quantitative estimate of drug-likeness (QED) is 0.841. The Morgan fingerprint density at radius 2 is 1.81 bits per heavy atom. The first-order valence-electron chi connectivity index (χ1n) is 9.45. The van der Waals surface area contributed by atoms with Crippen LogP contribution in [0.5, 0.6) is 0 Å². The molecule has 2 aliphatic heterocycles. The summed E-state index contributed by atoms with van der Waals surface area (Å²) >= 11 is 0. The van der Waals surface area contributed by atoms with E-state index in [4.69, 9.17) is 4.74 Å². The molecule has 1 fully saturated rings. The van der Waals surface area contributed by atoms with Gasteiger partial charge in [-0.15, -0.1) is 0 Å². The number of benzene rings is 2. The van der Waals surface area contributed by atoms with Gasteiger partial charge in [0, 0.05) is 36.8 Å². The highest BCUT2D eigenvalue weighted by molar-refractivity contribution is 5.97. The van der Waals surface area contributed by atoms with Crippen LogP contribution in [0.2, 0.25) is 0 Å². The van der Waals surface area contributed by atoms with Crippen molar-refractivity contribution in [2.45, 2.75) is 32.1 Å². The van der Waals surface area contributed by atoms with Crippen molar-refractivity contribution in [3.63, 3.8) is 0 Å². The van der Waals surface area contributed by atoms with Gasteiger partial charge < -0.3 is 15.0 Å². The Bertz CT molecular complexity index is 883. The van der Waals surface area contributed by atoms with Gasteiger partial charge in [0.25, 0.3) is 0 Å². The standard InChI is InChI=1S/C22H24N2O3/c1-14-19(24-11-3-4-12-24)10-9-17-18(13-20(25)23-21(14)17)15-5-7-16(8-6-15)22(26)27-2/h5-10,18H,3-4,11-13H2,1-2H3,(H,23,25). The first kappa shape index (κ1) is 17.6. The van der Waals surface area contributed by atoms with E-state index in [0.717, 1.165) is 35.5 Å². The molecule has 1 N–H and O–H groups in total. The van der Waals surface area contributed by atoms with Crippen LogP contribution in [-0.2, 0) is 9.53 Å². The minimum absolute atomic E-state index is 0.00762. The van der Waals surface area contributed by atoms with Crippen molar-refractivity contribution < 1.29 is 14.3 Å². The Balaban J connectivity index is 1.71. The third-order valence-electron chi connectivity index (χ3n) is 5.68. The lowest BCUT2D eigenvalue weighted by molar-refractivity contribution is -0.116. The molecular weight excluding hydrogens is 340 g/mol. The fraction of sp³-hybridized carbons (Fsp3) is 0.364. The summed E-state index contributed by atoms with van der Waals surface area (Å²) in [6.07, 6.45) is 2.85. The Labute approximate surface area is 159 Å². The molecule has 0 aromatic heterocycles. The summed E-state index contributed by atoms with van der Waals surface area (Å²) in [6.45, 7) is 4.24. The van der Waals surface area contributed by atoms with Gasteiger partial charge in [0.1, 0.15) is 0 Å². The SMILES string of the molecule is COC(=O)c1ccc(C2CC(=O)Nc3c2ccc(N2CCCC2)c3C)cc1. The molecule has 140 valence electrons. The van der Waals surface area contributed by atoms with Crippen LogP contribution in [0, 0.1) is 6.92 Å². The molecule has 1 atom stereocenters. The van der Waals surface area contributed by atoms with Crippen LogP contribution in [0.3, 0.4) is 0 Å². The van der Waals surface area contributed by atoms with Crippen LogP contribution < -0.4 is 10.2 Å². The minimum atomic E-state index is -0.352. The molecule has 2 aromatic carbocycles. The molecule has 0 radical (unpaired) electrons. The summed E-state index contributed by atoms with van der Waals surface area (Å²) in [4.78, 5) is 26.5. The molecule has 0 spiro atoms. The number of carbonyl (C=O) groups excluding carboxylic acids is 2. The van der Waals surface area contributed by atoms with E-state index < -0.39 is 0 Å². The normalized spacial score (nSPS) is 18.8. The topological polar surface area (TPSA) is 58.6 Å². The number of amides is 1. The number of nitrogens with zero attached hydrogens (tertiary/aromatic N) is 1. The smallest absolute Gasteiger partial charge is 0.337 e. The van der Waals surface area contributed by atoms with Crippen LogP contribution in [-0.4, -0.2) is 32.1 Å². The Hall–Kier alpha value is -2.82. The summed E-state index contributed by atoms with van der Waals surface area (Å²) in [5.41, 5.74) is 5.99. The average Bonchev–Trinajstić information content (AvgIpc) is 3.22. The fourth-order valence-electron chi connectivity index (χ4n) is 4.23. The highest BCUT2D eigenvalue weighted by Gasteiger charge is 2.29. The lowest BCUT2D eigenvalue weighted by Gasteiger charge is -2.30. The summed E-state index contributed by atoms with van der Waals surface area (Å²) in [6, 6.07) is 11.7. The third-order valence-corrected chi connectivity index (χ3v) is 5.68. The van der Waals surface area contributed by atoms with Crippen molar-refractivity contribution in [1.29, 1.82) is 0 Å². The van der Waals surface area contributed by atoms with Gasteiger partial charge >= 0.3 is 5.97 Å². The van der Waals surface area contributed by atoms with Crippen molar-refractivity contribution in [1.82, 2.24) is 0 Å². The Morgan fingerprint density at radius 3 is 2.48 bits per heavy atom. The van der Waals surface area contributed by atoms with E-state index in [1.807, 2.05) is 12.1 Å². The number of carbonyl (C=O) groups is 2. The van der Waals surface area contributed by atoms with E-state index in [-0.39, 0.29) is 17.8 Å². The molecular formula is C22H24N2O3. The van der Waals surface area contributed by atoms with Crippen molar-refractivity contribution in [2.24, 2.45) is 0 Å². The fourth-order valence-corrected chi connectivity index (χ4v) is 4.23. The number of hydrogen-bond donors (Lipinski definition) is 1. The average molecular weight is 364 g/mol. The molecule has 4 rings (SSSR count). The summed E-state index contributed by atoms with van der Waals surface area (Å²) in [5.74, 6) is -0.326. The third kappa shape index (κ3) is 3.18. The second-order valence-electron chi connectivity index (χ2n) is 7.29. The lowest BCUT2D eigenvalue weighted by atomic mass is 9.83. The van der Waals surface area contributed by atoms with Gasteiger partial charge in [-0.05, 0) is 54.7 Å². The first-order valence-corrected chi connectivity index (χ1v) is 9.45. The molecule has 5 heteroatoms. The van der Waals surface area contributed by atoms with Gasteiger partial charge in [0.15, 0.2) is 0 Å². The zero-order chi connectivity index (χ0) is 19.0. The molecule has 0 saturated carbocycles. The van der Waals surface area contributed by atoms with Gasteiger partial charge in [0.2, 0.25) is 5.91 Å². The number of anilines is 2. The van der Waals surface area contributed by atoms with Gasteiger partial charge in [-0.25, -0.2) is 4.79 Å². The van der Waals surface area contributed by atoms with Crippen LogP contribution in [0.4, 0.5) is 11.4 Å². The van der Waals surface area contributed by atoms with Crippen LogP contribution in [0.15, 0.2) is 36.4 Å². The second-order valence-corrected chi connectivity index (χ2v) is 7.29. The molecule has 2 heterocycles. The molecule has 5 nitrogen and oxygen atoms in total. The predicted octanol–water partition coefficient (Wildman–Crippen LogP) is 3.86. The van der Waals surface area contributed by atoms with Gasteiger partial charge in [-0.2, -0.15) is 0 Å². The number of hydrogen-bond acceptors (Lipinski definition) is 4. The van der Waals surface area contributed by atoms with Crippen molar-refractivity contribution in [3.8, 4) is 0 Å². The maximum absolute atomic E-state index is 12.4. The van der Waals surface area contributed by atoms with Crippen molar-refractivity contribution in [3.05, 3.63) is 58.7 Å². The monoisotopic (exact) mass is 364 g/mol. The summed E-state index contributed by atoms with van der Waals surface area (Å²) < 4.78 is 4.76. The Kier molecular flexibility index (Phi) is 4.60. The van der Waals surface area contributed by atoms with E-state index in [9.17, 15) is 9.59 Å². The van der Waals surface area contributed by atoms with Crippen molar-refractivity contribution in [2.75, 3.05) is 30.4 Å². The molecule has 0 bridgehead atoms. The van der Waals surface area contributed by atoms with E-state index in [2.05, 4.69) is 29.3 Å². The van der Waals surface area contributed by atoms with Crippen LogP contribution in [0.1, 0.15) is 52.2 Å². The predicted molar refractivity (Wildman–Crippen MR) is 105 cm³/mol. The van der Waals surface area contributed by atoms with Gasteiger partial charge in [-0.1, -0.05) is 18.2 Å². The zero-order valence-electron chi connectivity index (χ0n) is 15.7. The van der Waals surface area contributed by atoms with Gasteiger partial charge in [-0.3, -0.25) is 4.79 Å². The number of nitrogens with one attached hydrogen (secondary N) is 1. The number of esters is 1. The lowest BCUT2D eigenvalue weighted by Crippen LogP contribution is -2.26. The highest BCUT2D eigenvalue weighted by atomic mass is 16.5. The minimum Gasteiger partial charge on any atom is -0.465 e. The molecule has 1 unspecified atom stereocenters. The van der Waals surface area contributed by atoms with Crippen LogP contribution >= 0.6 is 0 Å². The number of methoxy groups -OCH3 is 1. The van der Waals surface area contributed by atoms with E-state index in [1.54, 1.807) is 12.1 Å². The molecule has 2 aliphatic rings. The van der Waals surface area contributed by atoms with Crippen molar-refractivity contribution >= 4 is 23.3 Å². The summed E-state index contributed by atoms with van der Waals surface area (Å²) in [7, 11) is 1.37. The largest absolute Gasteiger partial charge is 0.465 e. The first-order chi connectivity index (χ1) is 13.1. The van der Waals surface area contributed by atoms with Gasteiger partial charge in [0.05, 0.1) is 12.7 Å². The number of fused-ring (bicyclic) bond motifs is 1. The highest BCUT2D eigenvalue weighted by Crippen LogP contribution is 2.42. The van der Waals surface area contributed by atoms with Crippen LogP contribution in [0.25, 0.3) is 0 Å². The number of rotatable bonds is 3.